The number of nitrogens with one attached hydrogen (secondary N) is 2. The van der Waals surface area contributed by atoms with Crippen LogP contribution in [0.3, 0.4) is 0 Å². The third kappa shape index (κ3) is 5.44. The van der Waals surface area contributed by atoms with E-state index >= 15 is 0 Å². The molecular formula is C16H21Cl2N5. The van der Waals surface area contributed by atoms with Gasteiger partial charge in [0.25, 0.3) is 0 Å². The Kier molecular flexibility index (Phi) is 6.74. The summed E-state index contributed by atoms with van der Waals surface area (Å²) in [4.78, 5) is 4.21. The molecule has 124 valence electrons. The van der Waals surface area contributed by atoms with Crippen molar-refractivity contribution >= 4 is 29.2 Å². The Bertz CT molecular complexity index is 666. The fraction of sp³-hybridized carbons (Fsp3) is 0.375. The van der Waals surface area contributed by atoms with Crippen LogP contribution in [0.1, 0.15) is 17.7 Å². The molecule has 1 heterocycles. The minimum absolute atomic E-state index is 0.664. The number of benzene rings is 1. The zero-order valence-corrected chi connectivity index (χ0v) is 14.8. The molecular weight excluding hydrogens is 333 g/mol. The lowest BCUT2D eigenvalue weighted by Gasteiger charge is -2.12. The fourth-order valence-electron chi connectivity index (χ4n) is 2.18. The molecule has 0 saturated carbocycles. The molecule has 0 radical (unpaired) electrons. The highest BCUT2D eigenvalue weighted by molar-refractivity contribution is 6.35. The Labute approximate surface area is 146 Å². The van der Waals surface area contributed by atoms with Crippen LogP contribution in [0, 0.1) is 0 Å². The first-order valence-electron chi connectivity index (χ1n) is 7.45. The van der Waals surface area contributed by atoms with Crippen molar-refractivity contribution in [3.05, 3.63) is 51.8 Å². The number of aryl methyl sites for hydroxylation is 2. The molecule has 1 aromatic heterocycles. The van der Waals surface area contributed by atoms with Crippen LogP contribution in [0.25, 0.3) is 0 Å². The predicted octanol–water partition coefficient (Wildman–Crippen LogP) is 3.02. The van der Waals surface area contributed by atoms with Crippen LogP contribution in [0.15, 0.2) is 35.5 Å². The van der Waals surface area contributed by atoms with Crippen molar-refractivity contribution in [3.63, 3.8) is 0 Å². The molecule has 0 aliphatic carbocycles. The molecule has 0 atom stereocenters. The first-order valence-corrected chi connectivity index (χ1v) is 8.21. The first kappa shape index (κ1) is 17.6. The number of rotatable bonds is 6. The monoisotopic (exact) mass is 353 g/mol. The van der Waals surface area contributed by atoms with Crippen molar-refractivity contribution in [1.82, 2.24) is 20.4 Å². The van der Waals surface area contributed by atoms with E-state index in [0.29, 0.717) is 11.6 Å². The van der Waals surface area contributed by atoms with Crippen molar-refractivity contribution in [3.8, 4) is 0 Å². The van der Waals surface area contributed by atoms with Gasteiger partial charge >= 0.3 is 0 Å². The van der Waals surface area contributed by atoms with Crippen molar-refractivity contribution in [2.75, 3.05) is 13.6 Å². The molecule has 0 bridgehead atoms. The number of aromatic nitrogens is 2. The maximum absolute atomic E-state index is 6.17. The van der Waals surface area contributed by atoms with Gasteiger partial charge in [-0.05, 0) is 36.6 Å². The molecule has 2 N–H and O–H groups in total. The molecule has 5 nitrogen and oxygen atoms in total. The lowest BCUT2D eigenvalue weighted by molar-refractivity contribution is 0.680. The summed E-state index contributed by atoms with van der Waals surface area (Å²) in [6, 6.07) is 7.59. The Hall–Kier alpha value is -1.72. The zero-order chi connectivity index (χ0) is 16.7. The number of halogens is 2. The predicted molar refractivity (Wildman–Crippen MR) is 96.2 cm³/mol. The minimum atomic E-state index is 0.664. The second kappa shape index (κ2) is 8.79. The molecule has 0 unspecified atom stereocenters. The van der Waals surface area contributed by atoms with Gasteiger partial charge in [0.05, 0.1) is 12.2 Å². The Balaban J connectivity index is 1.72. The smallest absolute Gasteiger partial charge is 0.191 e. The molecule has 0 spiro atoms. The van der Waals surface area contributed by atoms with Crippen LogP contribution >= 0.6 is 23.2 Å². The Morgan fingerprint density at radius 3 is 2.74 bits per heavy atom. The molecule has 23 heavy (non-hydrogen) atoms. The van der Waals surface area contributed by atoms with Gasteiger partial charge in [0.2, 0.25) is 0 Å². The summed E-state index contributed by atoms with van der Waals surface area (Å²) in [5.41, 5.74) is 2.21. The van der Waals surface area contributed by atoms with E-state index in [1.807, 2.05) is 29.9 Å². The summed E-state index contributed by atoms with van der Waals surface area (Å²) < 4.78 is 1.84. The third-order valence-electron chi connectivity index (χ3n) is 3.51. The largest absolute Gasteiger partial charge is 0.356 e. The van der Waals surface area contributed by atoms with Crippen LogP contribution in [0.2, 0.25) is 10.0 Å². The quantitative estimate of drug-likeness (QED) is 0.476. The normalized spacial score (nSPS) is 11.6. The lowest BCUT2D eigenvalue weighted by Crippen LogP contribution is -2.37. The third-order valence-corrected chi connectivity index (χ3v) is 4.10. The zero-order valence-electron chi connectivity index (χ0n) is 13.3. The Morgan fingerprint density at radius 1 is 1.26 bits per heavy atom. The number of nitrogens with zero attached hydrogens (tertiary/aromatic N) is 3. The van der Waals surface area contributed by atoms with Gasteiger partial charge in [-0.2, -0.15) is 5.10 Å². The average molecular weight is 354 g/mol. The molecule has 1 aromatic carbocycles. The number of guanidine groups is 1. The van der Waals surface area contributed by atoms with Crippen LogP contribution in [0.4, 0.5) is 0 Å². The molecule has 0 aliphatic heterocycles. The van der Waals surface area contributed by atoms with Gasteiger partial charge < -0.3 is 10.6 Å². The average Bonchev–Trinajstić information content (AvgIpc) is 2.93. The SMILES string of the molecule is CN=C(NCCCc1ccc(Cl)cc1Cl)NCc1ccnn1C. The van der Waals surface area contributed by atoms with E-state index in [9.17, 15) is 0 Å². The van der Waals surface area contributed by atoms with Crippen LogP contribution < -0.4 is 10.6 Å². The first-order chi connectivity index (χ1) is 11.1. The summed E-state index contributed by atoms with van der Waals surface area (Å²) >= 11 is 12.1. The standard InChI is InChI=1S/C16H21Cl2N5/c1-19-16(21-11-14-7-9-22-23(14)2)20-8-3-4-12-5-6-13(17)10-15(12)18/h5-7,9-10H,3-4,8,11H2,1-2H3,(H2,19,20,21). The Morgan fingerprint density at radius 2 is 2.09 bits per heavy atom. The highest BCUT2D eigenvalue weighted by Crippen LogP contribution is 2.21. The van der Waals surface area contributed by atoms with E-state index < -0.39 is 0 Å². The molecule has 0 amide bonds. The highest BCUT2D eigenvalue weighted by atomic mass is 35.5. The van der Waals surface area contributed by atoms with Crippen molar-refractivity contribution < 1.29 is 0 Å². The number of aliphatic imine (C=N–C) groups is 1. The molecule has 7 heteroatoms. The van der Waals surface area contributed by atoms with E-state index in [-0.39, 0.29) is 0 Å². The van der Waals surface area contributed by atoms with Crippen molar-refractivity contribution in [1.29, 1.82) is 0 Å². The summed E-state index contributed by atoms with van der Waals surface area (Å²) in [7, 11) is 3.68. The van der Waals surface area contributed by atoms with Gasteiger partial charge in [0, 0.05) is 36.9 Å². The van der Waals surface area contributed by atoms with E-state index in [4.69, 9.17) is 23.2 Å². The van der Waals surface area contributed by atoms with Crippen LogP contribution in [0.5, 0.6) is 0 Å². The number of hydrogen-bond acceptors (Lipinski definition) is 2. The summed E-state index contributed by atoms with van der Waals surface area (Å²) in [6.07, 6.45) is 3.62. The second-order valence-corrected chi connectivity index (χ2v) is 5.98. The maximum Gasteiger partial charge on any atom is 0.191 e. The van der Waals surface area contributed by atoms with E-state index in [1.165, 1.54) is 0 Å². The lowest BCUT2D eigenvalue weighted by atomic mass is 10.1. The second-order valence-electron chi connectivity index (χ2n) is 5.14. The van der Waals surface area contributed by atoms with E-state index in [1.54, 1.807) is 19.3 Å². The van der Waals surface area contributed by atoms with Crippen LogP contribution in [-0.4, -0.2) is 29.3 Å². The summed E-state index contributed by atoms with van der Waals surface area (Å²) in [5.74, 6) is 0.772. The highest BCUT2D eigenvalue weighted by Gasteiger charge is 2.03. The van der Waals surface area contributed by atoms with Gasteiger partial charge in [0.1, 0.15) is 0 Å². The van der Waals surface area contributed by atoms with Gasteiger partial charge in [-0.3, -0.25) is 9.67 Å². The van der Waals surface area contributed by atoms with E-state index in [0.717, 1.165) is 41.6 Å². The minimum Gasteiger partial charge on any atom is -0.356 e. The fourth-order valence-corrected chi connectivity index (χ4v) is 2.68. The molecule has 0 aliphatic rings. The summed E-state index contributed by atoms with van der Waals surface area (Å²) in [5, 5.41) is 12.1. The van der Waals surface area contributed by atoms with E-state index in [2.05, 4.69) is 20.7 Å². The van der Waals surface area contributed by atoms with Gasteiger partial charge in [0.15, 0.2) is 5.96 Å². The number of hydrogen-bond donors (Lipinski definition) is 2. The van der Waals surface area contributed by atoms with Crippen molar-refractivity contribution in [2.24, 2.45) is 12.0 Å². The van der Waals surface area contributed by atoms with Crippen molar-refractivity contribution in [2.45, 2.75) is 19.4 Å². The van der Waals surface area contributed by atoms with Gasteiger partial charge in [-0.1, -0.05) is 29.3 Å². The molecule has 2 rings (SSSR count). The van der Waals surface area contributed by atoms with Gasteiger partial charge in [-0.25, -0.2) is 0 Å². The van der Waals surface area contributed by atoms with Crippen LogP contribution in [-0.2, 0) is 20.0 Å². The van der Waals surface area contributed by atoms with Gasteiger partial charge in [-0.15, -0.1) is 0 Å². The molecule has 0 saturated heterocycles. The maximum atomic E-state index is 6.17. The molecule has 2 aromatic rings. The summed E-state index contributed by atoms with van der Waals surface area (Å²) in [6.45, 7) is 1.49. The molecule has 0 fully saturated rings. The topological polar surface area (TPSA) is 54.2 Å².